The highest BCUT2D eigenvalue weighted by Gasteiger charge is 2.40. The number of nitrogens with zero attached hydrogens (tertiary/aromatic N) is 1. The zero-order chi connectivity index (χ0) is 15.0. The number of fused-ring (bicyclic) bond motifs is 2. The monoisotopic (exact) mass is 293 g/mol. The van der Waals surface area contributed by atoms with Crippen LogP contribution in [-0.2, 0) is 4.74 Å². The Morgan fingerprint density at radius 1 is 1.33 bits per heavy atom. The summed E-state index contributed by atoms with van der Waals surface area (Å²) >= 11 is 0. The smallest absolute Gasteiger partial charge is 0.169 e. The van der Waals surface area contributed by atoms with Crippen LogP contribution >= 0.6 is 0 Å². The van der Waals surface area contributed by atoms with E-state index in [2.05, 4.69) is 11.9 Å². The second kappa shape index (κ2) is 5.73. The number of ether oxygens (including phenoxy) is 2. The molecule has 0 aliphatic carbocycles. The minimum atomic E-state index is -0.486. The maximum atomic E-state index is 13.8. The Bertz CT molecular complexity index is 534. The van der Waals surface area contributed by atoms with E-state index in [9.17, 15) is 9.18 Å². The van der Waals surface area contributed by atoms with E-state index in [1.165, 1.54) is 13.2 Å². The van der Waals surface area contributed by atoms with Gasteiger partial charge in [0, 0.05) is 18.0 Å². The first-order valence-corrected chi connectivity index (χ1v) is 7.28. The van der Waals surface area contributed by atoms with Crippen LogP contribution in [0.4, 0.5) is 4.39 Å². The average molecular weight is 293 g/mol. The van der Waals surface area contributed by atoms with Gasteiger partial charge in [-0.3, -0.25) is 9.69 Å². The number of para-hydroxylation sites is 1. The summed E-state index contributed by atoms with van der Waals surface area (Å²) in [6, 6.07) is 5.06. The molecular weight excluding hydrogens is 273 g/mol. The van der Waals surface area contributed by atoms with Gasteiger partial charge >= 0.3 is 0 Å². The van der Waals surface area contributed by atoms with Crippen LogP contribution in [0.25, 0.3) is 0 Å². The molecule has 0 saturated carbocycles. The molecule has 2 aliphatic heterocycles. The van der Waals surface area contributed by atoms with Gasteiger partial charge in [0.25, 0.3) is 0 Å². The number of hydrogen-bond donors (Lipinski definition) is 0. The summed E-state index contributed by atoms with van der Waals surface area (Å²) in [5.74, 6) is -0.533. The van der Waals surface area contributed by atoms with Crippen LogP contribution in [0, 0.1) is 11.7 Å². The molecule has 4 nitrogen and oxygen atoms in total. The van der Waals surface area contributed by atoms with Crippen molar-refractivity contribution >= 4 is 5.78 Å². The molecule has 5 heteroatoms. The third kappa shape index (κ3) is 2.56. The van der Waals surface area contributed by atoms with E-state index < -0.39 is 5.82 Å². The van der Waals surface area contributed by atoms with Crippen molar-refractivity contribution in [2.75, 3.05) is 27.4 Å². The van der Waals surface area contributed by atoms with Crippen molar-refractivity contribution < 1.29 is 18.7 Å². The fraction of sp³-hybridized carbons (Fsp3) is 0.562. The van der Waals surface area contributed by atoms with Crippen LogP contribution in [0.2, 0.25) is 0 Å². The quantitative estimate of drug-likeness (QED) is 0.800. The number of hydrogen-bond acceptors (Lipinski definition) is 4. The van der Waals surface area contributed by atoms with Crippen LogP contribution < -0.4 is 4.74 Å². The molecule has 0 spiro atoms. The van der Waals surface area contributed by atoms with Crippen LogP contribution in [-0.4, -0.2) is 50.1 Å². The van der Waals surface area contributed by atoms with E-state index in [-0.39, 0.29) is 29.5 Å². The number of carbonyl (C=O) groups excluding carboxylic acids is 1. The standard InChI is InChI=1S/C16H20FNO3/c1-18-11-6-10(7-12(18)9-21-8-11)15(19)13-4-3-5-14(17)16(13)20-2/h3-5,10-12H,6-9H2,1-2H3. The first kappa shape index (κ1) is 14.5. The Morgan fingerprint density at radius 2 is 2.00 bits per heavy atom. The van der Waals surface area contributed by atoms with Crippen molar-refractivity contribution in [1.82, 2.24) is 4.90 Å². The summed E-state index contributed by atoms with van der Waals surface area (Å²) in [5.41, 5.74) is 0.353. The molecule has 2 heterocycles. The highest BCUT2D eigenvalue weighted by atomic mass is 19.1. The van der Waals surface area contributed by atoms with Gasteiger partial charge in [-0.1, -0.05) is 6.07 Å². The van der Waals surface area contributed by atoms with Gasteiger partial charge in [0.2, 0.25) is 0 Å². The third-order valence-electron chi connectivity index (χ3n) is 4.69. The number of methoxy groups -OCH3 is 1. The number of morpholine rings is 1. The number of benzene rings is 1. The lowest BCUT2D eigenvalue weighted by Crippen LogP contribution is -2.55. The summed E-state index contributed by atoms with van der Waals surface area (Å²) < 4.78 is 24.4. The highest BCUT2D eigenvalue weighted by molar-refractivity contribution is 6.00. The lowest BCUT2D eigenvalue weighted by Gasteiger charge is -2.46. The summed E-state index contributed by atoms with van der Waals surface area (Å²) in [4.78, 5) is 15.1. The van der Waals surface area contributed by atoms with Gasteiger partial charge in [-0.2, -0.15) is 0 Å². The molecule has 1 aromatic carbocycles. The van der Waals surface area contributed by atoms with Crippen molar-refractivity contribution in [3.8, 4) is 5.75 Å². The molecule has 114 valence electrons. The number of ketones is 1. The number of halogens is 1. The van der Waals surface area contributed by atoms with Crippen LogP contribution in [0.15, 0.2) is 18.2 Å². The molecule has 0 amide bonds. The van der Waals surface area contributed by atoms with Gasteiger partial charge < -0.3 is 9.47 Å². The Kier molecular flexibility index (Phi) is 3.95. The minimum Gasteiger partial charge on any atom is -0.493 e. The number of Topliss-reactive ketones (excluding diaryl/α,β-unsaturated/α-hetero) is 1. The van der Waals surface area contributed by atoms with Crippen LogP contribution in [0.3, 0.4) is 0 Å². The van der Waals surface area contributed by atoms with E-state index >= 15 is 0 Å². The van der Waals surface area contributed by atoms with Gasteiger partial charge in [-0.25, -0.2) is 4.39 Å². The first-order chi connectivity index (χ1) is 10.1. The maximum absolute atomic E-state index is 13.8. The Labute approximate surface area is 123 Å². The molecule has 2 saturated heterocycles. The van der Waals surface area contributed by atoms with Gasteiger partial charge in [0.15, 0.2) is 17.3 Å². The molecule has 2 fully saturated rings. The highest BCUT2D eigenvalue weighted by Crippen LogP contribution is 2.34. The van der Waals surface area contributed by atoms with E-state index in [1.54, 1.807) is 12.1 Å². The van der Waals surface area contributed by atoms with Gasteiger partial charge in [-0.05, 0) is 32.0 Å². The Balaban J connectivity index is 1.85. The number of likely N-dealkylation sites (N-methyl/N-ethyl adjacent to an activating group) is 1. The molecule has 1 aromatic rings. The maximum Gasteiger partial charge on any atom is 0.169 e. The molecule has 2 aliphatic rings. The fourth-order valence-corrected chi connectivity index (χ4v) is 3.44. The SMILES string of the molecule is COc1c(F)cccc1C(=O)C1CC2COCC(C1)N2C. The molecule has 2 bridgehead atoms. The van der Waals surface area contributed by atoms with E-state index in [4.69, 9.17) is 9.47 Å². The number of piperidine rings is 1. The van der Waals surface area contributed by atoms with Gasteiger partial charge in [0.05, 0.1) is 25.9 Å². The molecule has 0 radical (unpaired) electrons. The topological polar surface area (TPSA) is 38.8 Å². The third-order valence-corrected chi connectivity index (χ3v) is 4.69. The van der Waals surface area contributed by atoms with Crippen LogP contribution in [0.1, 0.15) is 23.2 Å². The van der Waals surface area contributed by atoms with Crippen molar-refractivity contribution in [2.45, 2.75) is 24.9 Å². The lowest BCUT2D eigenvalue weighted by molar-refractivity contribution is -0.0702. The molecule has 2 unspecified atom stereocenters. The summed E-state index contributed by atoms with van der Waals surface area (Å²) in [6.07, 6.45) is 1.51. The average Bonchev–Trinajstić information content (AvgIpc) is 2.46. The molecule has 21 heavy (non-hydrogen) atoms. The van der Waals surface area contributed by atoms with Gasteiger partial charge in [0.1, 0.15) is 0 Å². The molecule has 0 aromatic heterocycles. The number of carbonyl (C=O) groups is 1. The summed E-state index contributed by atoms with van der Waals surface area (Å²) in [7, 11) is 3.48. The number of rotatable bonds is 3. The summed E-state index contributed by atoms with van der Waals surface area (Å²) in [6.45, 7) is 1.33. The van der Waals surface area contributed by atoms with E-state index in [0.29, 0.717) is 18.8 Å². The molecule has 3 rings (SSSR count). The van der Waals surface area contributed by atoms with Crippen LogP contribution in [0.5, 0.6) is 5.75 Å². The normalized spacial score (nSPS) is 29.2. The zero-order valence-corrected chi connectivity index (χ0v) is 12.3. The first-order valence-electron chi connectivity index (χ1n) is 7.28. The Hall–Kier alpha value is -1.46. The fourth-order valence-electron chi connectivity index (χ4n) is 3.44. The van der Waals surface area contributed by atoms with Crippen molar-refractivity contribution in [3.05, 3.63) is 29.6 Å². The lowest BCUT2D eigenvalue weighted by atomic mass is 9.81. The molecule has 2 atom stereocenters. The molecule has 0 N–H and O–H groups in total. The predicted molar refractivity (Wildman–Crippen MR) is 76.2 cm³/mol. The minimum absolute atomic E-state index is 0.0173. The van der Waals surface area contributed by atoms with Crippen molar-refractivity contribution in [3.63, 3.8) is 0 Å². The van der Waals surface area contributed by atoms with Gasteiger partial charge in [-0.15, -0.1) is 0 Å². The second-order valence-corrected chi connectivity index (χ2v) is 5.86. The van der Waals surface area contributed by atoms with E-state index in [1.807, 2.05) is 0 Å². The predicted octanol–water partition coefficient (Wildman–Crippen LogP) is 2.13. The summed E-state index contributed by atoms with van der Waals surface area (Å²) in [5, 5.41) is 0. The van der Waals surface area contributed by atoms with E-state index in [0.717, 1.165) is 12.8 Å². The second-order valence-electron chi connectivity index (χ2n) is 5.86. The molecular formula is C16H20FNO3. The van der Waals surface area contributed by atoms with Crippen molar-refractivity contribution in [1.29, 1.82) is 0 Å². The zero-order valence-electron chi connectivity index (χ0n) is 12.3. The Morgan fingerprint density at radius 3 is 2.62 bits per heavy atom. The van der Waals surface area contributed by atoms with Crippen molar-refractivity contribution in [2.24, 2.45) is 5.92 Å². The largest absolute Gasteiger partial charge is 0.493 e.